The van der Waals surface area contributed by atoms with E-state index in [0.29, 0.717) is 11.0 Å². The number of hydrogen-bond donors (Lipinski definition) is 0. The second-order valence-electron chi connectivity index (χ2n) is 7.07. The predicted molar refractivity (Wildman–Crippen MR) is 104 cm³/mol. The van der Waals surface area contributed by atoms with E-state index in [4.69, 9.17) is 16.3 Å². The van der Waals surface area contributed by atoms with Crippen LogP contribution in [0.4, 0.5) is 4.79 Å². The minimum absolute atomic E-state index is 0.0199. The maximum atomic E-state index is 13.3. The third-order valence-corrected chi connectivity index (χ3v) is 5.52. The molecule has 0 bridgehead atoms. The van der Waals surface area contributed by atoms with Crippen LogP contribution in [0, 0.1) is 0 Å². The standard InChI is InChI=1S/C19H20ClN5O4/c1-11-8-24-15-16(21-18(24)23(11)10-14(26)29-3)22(2)19(28)25(17(15)27)9-12-4-6-13(20)7-5-12/h4-8,15-16H,9-10H2,1-3H3. The van der Waals surface area contributed by atoms with E-state index in [0.717, 1.165) is 11.3 Å². The van der Waals surface area contributed by atoms with Crippen LogP contribution in [0.5, 0.6) is 0 Å². The van der Waals surface area contributed by atoms with E-state index < -0.39 is 24.2 Å². The first kappa shape index (κ1) is 19.3. The molecule has 0 aliphatic carbocycles. The maximum absolute atomic E-state index is 13.3. The molecule has 1 fully saturated rings. The molecular weight excluding hydrogens is 398 g/mol. The number of imide groups is 1. The Labute approximate surface area is 172 Å². The highest BCUT2D eigenvalue weighted by Gasteiger charge is 2.54. The molecule has 3 aliphatic heterocycles. The van der Waals surface area contributed by atoms with Crippen molar-refractivity contribution in [3.63, 3.8) is 0 Å². The van der Waals surface area contributed by atoms with Crippen molar-refractivity contribution in [1.82, 2.24) is 19.6 Å². The molecule has 0 radical (unpaired) electrons. The molecule has 2 unspecified atom stereocenters. The van der Waals surface area contributed by atoms with Crippen molar-refractivity contribution in [3.8, 4) is 0 Å². The van der Waals surface area contributed by atoms with Crippen LogP contribution < -0.4 is 0 Å². The highest BCUT2D eigenvalue weighted by molar-refractivity contribution is 6.30. The molecular formula is C19H20ClN5O4. The van der Waals surface area contributed by atoms with Gasteiger partial charge in [-0.15, -0.1) is 0 Å². The maximum Gasteiger partial charge on any atom is 0.328 e. The summed E-state index contributed by atoms with van der Waals surface area (Å²) in [7, 11) is 2.94. The molecule has 0 aromatic heterocycles. The predicted octanol–water partition coefficient (Wildman–Crippen LogP) is 1.45. The first-order chi connectivity index (χ1) is 13.8. The van der Waals surface area contributed by atoms with Gasteiger partial charge >= 0.3 is 12.0 Å². The number of ether oxygens (including phenoxy) is 1. The van der Waals surface area contributed by atoms with Gasteiger partial charge in [-0.3, -0.25) is 14.5 Å². The number of benzene rings is 1. The number of amides is 3. The molecule has 1 aromatic carbocycles. The number of allylic oxidation sites excluding steroid dienone is 1. The van der Waals surface area contributed by atoms with Crippen LogP contribution in [0.2, 0.25) is 5.02 Å². The summed E-state index contributed by atoms with van der Waals surface area (Å²) in [6.07, 6.45) is 1.12. The van der Waals surface area contributed by atoms with Crippen LogP contribution in [0.15, 0.2) is 41.2 Å². The smallest absolute Gasteiger partial charge is 0.328 e. The summed E-state index contributed by atoms with van der Waals surface area (Å²) in [4.78, 5) is 48.5. The van der Waals surface area contributed by atoms with Crippen molar-refractivity contribution in [2.45, 2.75) is 25.7 Å². The molecule has 0 spiro atoms. The lowest BCUT2D eigenvalue weighted by atomic mass is 10.1. The Kier molecular flexibility index (Phi) is 4.70. The molecule has 4 rings (SSSR count). The molecule has 1 aromatic rings. The van der Waals surface area contributed by atoms with Crippen molar-refractivity contribution < 1.29 is 19.1 Å². The molecule has 3 amide bonds. The second-order valence-corrected chi connectivity index (χ2v) is 7.51. The fraction of sp³-hybridized carbons (Fsp3) is 0.368. The number of rotatable bonds is 4. The van der Waals surface area contributed by atoms with Gasteiger partial charge in [0.1, 0.15) is 6.54 Å². The fourth-order valence-corrected chi connectivity index (χ4v) is 3.83. The van der Waals surface area contributed by atoms with Crippen molar-refractivity contribution in [2.24, 2.45) is 4.99 Å². The second kappa shape index (κ2) is 7.07. The Morgan fingerprint density at radius 3 is 2.55 bits per heavy atom. The van der Waals surface area contributed by atoms with E-state index in [1.54, 1.807) is 47.3 Å². The van der Waals surface area contributed by atoms with Crippen LogP contribution in [0.25, 0.3) is 0 Å². The largest absolute Gasteiger partial charge is 0.468 e. The van der Waals surface area contributed by atoms with Crippen LogP contribution in [0.1, 0.15) is 12.5 Å². The van der Waals surface area contributed by atoms with E-state index >= 15 is 0 Å². The molecule has 10 heteroatoms. The van der Waals surface area contributed by atoms with Gasteiger partial charge in [-0.1, -0.05) is 23.7 Å². The number of likely N-dealkylation sites (N-methyl/N-ethyl adjacent to an activating group) is 1. The number of guanidine groups is 1. The number of esters is 1. The SMILES string of the molecule is COC(=O)CN1C(C)=CN2C1=NC1C2C(=O)N(Cc2ccc(Cl)cc2)C(=O)N1C. The lowest BCUT2D eigenvalue weighted by Crippen LogP contribution is -2.63. The van der Waals surface area contributed by atoms with Gasteiger partial charge in [0.25, 0.3) is 5.91 Å². The Balaban J connectivity index is 1.61. The number of halogens is 1. The lowest BCUT2D eigenvalue weighted by Gasteiger charge is -2.40. The van der Waals surface area contributed by atoms with Crippen molar-refractivity contribution in [2.75, 3.05) is 20.7 Å². The van der Waals surface area contributed by atoms with Gasteiger partial charge in [-0.25, -0.2) is 9.79 Å². The number of hydrogen-bond acceptors (Lipinski definition) is 7. The van der Waals surface area contributed by atoms with Gasteiger partial charge in [-0.2, -0.15) is 0 Å². The van der Waals surface area contributed by atoms with E-state index in [9.17, 15) is 14.4 Å². The third-order valence-electron chi connectivity index (χ3n) is 5.27. The molecule has 29 heavy (non-hydrogen) atoms. The van der Waals surface area contributed by atoms with Gasteiger partial charge in [0.2, 0.25) is 5.96 Å². The first-order valence-electron chi connectivity index (χ1n) is 9.03. The zero-order valence-corrected chi connectivity index (χ0v) is 17.0. The van der Waals surface area contributed by atoms with Gasteiger partial charge in [0, 0.05) is 24.0 Å². The van der Waals surface area contributed by atoms with Gasteiger partial charge in [0.05, 0.1) is 13.7 Å². The molecule has 0 N–H and O–H groups in total. The van der Waals surface area contributed by atoms with E-state index in [1.807, 2.05) is 6.92 Å². The number of carbonyl (C=O) groups is 3. The van der Waals surface area contributed by atoms with E-state index in [-0.39, 0.29) is 19.0 Å². The molecule has 9 nitrogen and oxygen atoms in total. The monoisotopic (exact) mass is 417 g/mol. The van der Waals surface area contributed by atoms with Crippen LogP contribution >= 0.6 is 11.6 Å². The van der Waals surface area contributed by atoms with Crippen LogP contribution in [-0.2, 0) is 20.9 Å². The minimum Gasteiger partial charge on any atom is -0.468 e. The van der Waals surface area contributed by atoms with Gasteiger partial charge in [-0.05, 0) is 24.6 Å². The molecule has 3 heterocycles. The summed E-state index contributed by atoms with van der Waals surface area (Å²) in [5.41, 5.74) is 1.56. The Hall–Kier alpha value is -3.07. The Morgan fingerprint density at radius 2 is 1.90 bits per heavy atom. The summed E-state index contributed by atoms with van der Waals surface area (Å²) in [6, 6.07) is 5.90. The summed E-state index contributed by atoms with van der Waals surface area (Å²) in [6.45, 7) is 1.94. The van der Waals surface area contributed by atoms with Gasteiger partial charge < -0.3 is 19.4 Å². The summed E-state index contributed by atoms with van der Waals surface area (Å²) < 4.78 is 4.75. The zero-order chi connectivity index (χ0) is 20.9. The topological polar surface area (TPSA) is 85.8 Å². The van der Waals surface area contributed by atoms with Gasteiger partial charge in [0.15, 0.2) is 12.2 Å². The summed E-state index contributed by atoms with van der Waals surface area (Å²) in [5, 5.41) is 0.583. The van der Waals surface area contributed by atoms with Crippen LogP contribution in [0.3, 0.4) is 0 Å². The number of fused-ring (bicyclic) bond motifs is 3. The number of nitrogens with zero attached hydrogens (tertiary/aromatic N) is 5. The minimum atomic E-state index is -0.683. The number of aliphatic imine (C=N–C) groups is 1. The van der Waals surface area contributed by atoms with Crippen LogP contribution in [-0.4, -0.2) is 76.4 Å². The Morgan fingerprint density at radius 1 is 1.21 bits per heavy atom. The average molecular weight is 418 g/mol. The number of urea groups is 1. The van der Waals surface area contributed by atoms with Crippen molar-refractivity contribution in [3.05, 3.63) is 46.7 Å². The number of methoxy groups -OCH3 is 1. The molecule has 3 aliphatic rings. The molecule has 1 saturated heterocycles. The Bertz CT molecular complexity index is 944. The first-order valence-corrected chi connectivity index (χ1v) is 9.41. The fourth-order valence-electron chi connectivity index (χ4n) is 3.71. The van der Waals surface area contributed by atoms with Crippen molar-refractivity contribution in [1.29, 1.82) is 0 Å². The normalized spacial score (nSPS) is 23.2. The summed E-state index contributed by atoms with van der Waals surface area (Å²) >= 11 is 5.92. The lowest BCUT2D eigenvalue weighted by molar-refractivity contribution is -0.140. The zero-order valence-electron chi connectivity index (χ0n) is 16.2. The summed E-state index contributed by atoms with van der Waals surface area (Å²) in [5.74, 6) is -0.294. The highest BCUT2D eigenvalue weighted by Crippen LogP contribution is 2.34. The van der Waals surface area contributed by atoms with E-state index in [2.05, 4.69) is 4.99 Å². The average Bonchev–Trinajstić information content (AvgIpc) is 3.21. The molecule has 0 saturated carbocycles. The number of carbonyl (C=O) groups excluding carboxylic acids is 3. The van der Waals surface area contributed by atoms with Crippen molar-refractivity contribution >= 4 is 35.5 Å². The molecule has 2 atom stereocenters. The third kappa shape index (κ3) is 3.11. The quantitative estimate of drug-likeness (QED) is 0.689. The van der Waals surface area contributed by atoms with E-state index in [1.165, 1.54) is 16.9 Å². The molecule has 152 valence electrons. The highest BCUT2D eigenvalue weighted by atomic mass is 35.5.